The van der Waals surface area contributed by atoms with Crippen molar-refractivity contribution in [2.45, 2.75) is 12.3 Å². The third kappa shape index (κ3) is 3.72. The molecule has 4 heteroatoms. The largest absolute Gasteiger partial charge is 0.128 e. The highest BCUT2D eigenvalue weighted by molar-refractivity contribution is 9.09. The number of benzene rings is 1. The molecule has 0 aliphatic rings. The van der Waals surface area contributed by atoms with Crippen molar-refractivity contribution in [2.75, 3.05) is 5.33 Å². The fourth-order valence-corrected chi connectivity index (χ4v) is 3.60. The Kier molecular flexibility index (Phi) is 4.92. The minimum Gasteiger partial charge on any atom is -0.128 e. The van der Waals surface area contributed by atoms with Gasteiger partial charge >= 0.3 is 0 Å². The Morgan fingerprint density at radius 1 is 1.06 bits per heavy atom. The molecule has 1 atom stereocenters. The van der Waals surface area contributed by atoms with E-state index in [1.807, 2.05) is 18.2 Å². The normalized spacial score (nSPS) is 12.6. The maximum absolute atomic E-state index is 5.94. The van der Waals surface area contributed by atoms with Crippen LogP contribution in [0.25, 0.3) is 0 Å². The molecule has 0 saturated heterocycles. The Labute approximate surface area is 124 Å². The van der Waals surface area contributed by atoms with E-state index < -0.39 is 0 Å². The molecule has 0 spiro atoms. The molecule has 0 aliphatic carbocycles. The Balaban J connectivity index is 2.13. The van der Waals surface area contributed by atoms with Crippen LogP contribution < -0.4 is 0 Å². The lowest BCUT2D eigenvalue weighted by Gasteiger charge is -2.13. The first kappa shape index (κ1) is 13.4. The molecule has 0 fully saturated rings. The van der Waals surface area contributed by atoms with Gasteiger partial charge in [-0.15, -0.1) is 11.3 Å². The standard InChI is InChI=1S/C13H11BrCl2S/c14-8-10(7-12-5-6-13(16)17-12)9-1-3-11(15)4-2-9/h1-6,10H,7-8H2. The van der Waals surface area contributed by atoms with Gasteiger partial charge in [-0.3, -0.25) is 0 Å². The highest BCUT2D eigenvalue weighted by Crippen LogP contribution is 2.29. The van der Waals surface area contributed by atoms with Crippen LogP contribution in [0, 0.1) is 0 Å². The first-order valence-corrected chi connectivity index (χ1v) is 7.94. The molecule has 0 aliphatic heterocycles. The van der Waals surface area contributed by atoms with Crippen molar-refractivity contribution in [1.29, 1.82) is 0 Å². The monoisotopic (exact) mass is 348 g/mol. The lowest BCUT2D eigenvalue weighted by Crippen LogP contribution is -2.03. The van der Waals surface area contributed by atoms with Crippen molar-refractivity contribution in [3.8, 4) is 0 Å². The molecule has 1 aromatic carbocycles. The number of hydrogen-bond donors (Lipinski definition) is 0. The Morgan fingerprint density at radius 3 is 2.29 bits per heavy atom. The van der Waals surface area contributed by atoms with Gasteiger partial charge < -0.3 is 0 Å². The summed E-state index contributed by atoms with van der Waals surface area (Å²) in [4.78, 5) is 1.31. The zero-order chi connectivity index (χ0) is 12.3. The zero-order valence-electron chi connectivity index (χ0n) is 9.00. The van der Waals surface area contributed by atoms with Gasteiger partial charge in [0.15, 0.2) is 0 Å². The number of hydrogen-bond acceptors (Lipinski definition) is 1. The van der Waals surface area contributed by atoms with Gasteiger partial charge in [0, 0.05) is 15.2 Å². The molecule has 0 saturated carbocycles. The smallest absolute Gasteiger partial charge is 0.0931 e. The average molecular weight is 350 g/mol. The van der Waals surface area contributed by atoms with Crippen LogP contribution in [-0.4, -0.2) is 5.33 Å². The highest BCUT2D eigenvalue weighted by Gasteiger charge is 2.12. The van der Waals surface area contributed by atoms with E-state index in [1.54, 1.807) is 11.3 Å². The van der Waals surface area contributed by atoms with Crippen LogP contribution in [0.4, 0.5) is 0 Å². The first-order chi connectivity index (χ1) is 8.19. The average Bonchev–Trinajstić information content (AvgIpc) is 2.73. The summed E-state index contributed by atoms with van der Waals surface area (Å²) in [7, 11) is 0. The third-order valence-corrected chi connectivity index (χ3v) is 4.89. The van der Waals surface area contributed by atoms with E-state index in [0.717, 1.165) is 21.1 Å². The van der Waals surface area contributed by atoms with Crippen LogP contribution in [0.5, 0.6) is 0 Å². The lowest BCUT2D eigenvalue weighted by molar-refractivity contribution is 0.786. The van der Waals surface area contributed by atoms with Crippen LogP contribution in [-0.2, 0) is 6.42 Å². The van der Waals surface area contributed by atoms with Gasteiger partial charge in [-0.1, -0.05) is 51.3 Å². The summed E-state index contributed by atoms with van der Waals surface area (Å²) in [6.07, 6.45) is 1.00. The molecule has 0 nitrogen and oxygen atoms in total. The second-order valence-corrected chi connectivity index (χ2v) is 6.70. The van der Waals surface area contributed by atoms with Gasteiger partial charge in [0.2, 0.25) is 0 Å². The van der Waals surface area contributed by atoms with Crippen molar-refractivity contribution in [3.05, 3.63) is 56.2 Å². The highest BCUT2D eigenvalue weighted by atomic mass is 79.9. The second kappa shape index (κ2) is 6.24. The van der Waals surface area contributed by atoms with E-state index in [9.17, 15) is 0 Å². The summed E-state index contributed by atoms with van der Waals surface area (Å²) in [6, 6.07) is 12.1. The SMILES string of the molecule is Clc1ccc(C(CBr)Cc2ccc(Cl)s2)cc1. The summed E-state index contributed by atoms with van der Waals surface area (Å²) >= 11 is 17.1. The molecule has 17 heavy (non-hydrogen) atoms. The lowest BCUT2D eigenvalue weighted by atomic mass is 9.97. The number of rotatable bonds is 4. The van der Waals surface area contributed by atoms with E-state index >= 15 is 0 Å². The summed E-state index contributed by atoms with van der Waals surface area (Å²) in [5.41, 5.74) is 1.30. The molecular formula is C13H11BrCl2S. The molecule has 1 unspecified atom stereocenters. The van der Waals surface area contributed by atoms with Crippen LogP contribution >= 0.6 is 50.5 Å². The summed E-state index contributed by atoms with van der Waals surface area (Å²) in [6.45, 7) is 0. The molecule has 2 aromatic rings. The van der Waals surface area contributed by atoms with E-state index in [-0.39, 0.29) is 0 Å². The predicted octanol–water partition coefficient (Wildman–Crippen LogP) is 5.78. The molecule has 0 amide bonds. The number of halogens is 3. The fraction of sp³-hybridized carbons (Fsp3) is 0.231. The van der Waals surface area contributed by atoms with Crippen molar-refractivity contribution >= 4 is 50.5 Å². The van der Waals surface area contributed by atoms with Crippen LogP contribution in [0.1, 0.15) is 16.4 Å². The maximum Gasteiger partial charge on any atom is 0.0931 e. The molecule has 1 aromatic heterocycles. The Bertz CT molecular complexity index is 478. The summed E-state index contributed by atoms with van der Waals surface area (Å²) in [5, 5.41) is 1.71. The Hall–Kier alpha value is -0.0200. The van der Waals surface area contributed by atoms with Gasteiger partial charge in [0.05, 0.1) is 4.34 Å². The number of thiophene rings is 1. The molecule has 0 N–H and O–H groups in total. The van der Waals surface area contributed by atoms with Crippen LogP contribution in [0.15, 0.2) is 36.4 Å². The van der Waals surface area contributed by atoms with Gasteiger partial charge in [-0.05, 0) is 42.2 Å². The van der Waals surface area contributed by atoms with E-state index in [2.05, 4.69) is 34.1 Å². The second-order valence-electron chi connectivity index (χ2n) is 3.81. The summed E-state index contributed by atoms with van der Waals surface area (Å²) in [5.74, 6) is 0.460. The molecule has 90 valence electrons. The molecule has 1 heterocycles. The molecule has 0 bridgehead atoms. The van der Waals surface area contributed by atoms with Crippen molar-refractivity contribution < 1.29 is 0 Å². The zero-order valence-corrected chi connectivity index (χ0v) is 12.9. The molecular weight excluding hydrogens is 339 g/mol. The third-order valence-electron chi connectivity index (χ3n) is 2.60. The summed E-state index contributed by atoms with van der Waals surface area (Å²) < 4.78 is 0.851. The van der Waals surface area contributed by atoms with Gasteiger partial charge in [-0.2, -0.15) is 0 Å². The van der Waals surface area contributed by atoms with E-state index in [1.165, 1.54) is 10.4 Å². The Morgan fingerprint density at radius 2 is 1.76 bits per heavy atom. The van der Waals surface area contributed by atoms with Crippen LogP contribution in [0.3, 0.4) is 0 Å². The number of alkyl halides is 1. The van der Waals surface area contributed by atoms with E-state index in [0.29, 0.717) is 5.92 Å². The minimum atomic E-state index is 0.460. The van der Waals surface area contributed by atoms with Gasteiger partial charge in [0.25, 0.3) is 0 Å². The van der Waals surface area contributed by atoms with Crippen molar-refractivity contribution in [2.24, 2.45) is 0 Å². The quantitative estimate of drug-likeness (QED) is 0.614. The van der Waals surface area contributed by atoms with Gasteiger partial charge in [0.1, 0.15) is 0 Å². The fourth-order valence-electron chi connectivity index (χ4n) is 1.70. The van der Waals surface area contributed by atoms with E-state index in [4.69, 9.17) is 23.2 Å². The minimum absolute atomic E-state index is 0.460. The van der Waals surface area contributed by atoms with Gasteiger partial charge in [-0.25, -0.2) is 0 Å². The van der Waals surface area contributed by atoms with Crippen LogP contribution in [0.2, 0.25) is 9.36 Å². The predicted molar refractivity (Wildman–Crippen MR) is 81.0 cm³/mol. The van der Waals surface area contributed by atoms with Crippen molar-refractivity contribution in [1.82, 2.24) is 0 Å². The molecule has 0 radical (unpaired) electrons. The maximum atomic E-state index is 5.94. The van der Waals surface area contributed by atoms with Crippen molar-refractivity contribution in [3.63, 3.8) is 0 Å². The first-order valence-electron chi connectivity index (χ1n) is 5.24. The topological polar surface area (TPSA) is 0 Å². The molecule has 2 rings (SSSR count).